The van der Waals surface area contributed by atoms with Crippen LogP contribution in [0.15, 0.2) is 30.5 Å². The minimum Gasteiger partial charge on any atom is -0.398 e. The molecule has 0 fully saturated rings. The molecule has 0 aliphatic carbocycles. The molecular weight excluding hydrogens is 288 g/mol. The zero-order chi connectivity index (χ0) is 15.1. The van der Waals surface area contributed by atoms with Gasteiger partial charge < -0.3 is 5.73 Å². The summed E-state index contributed by atoms with van der Waals surface area (Å²) in [5.74, 6) is 0. The van der Waals surface area contributed by atoms with Crippen molar-refractivity contribution in [1.82, 2.24) is 9.78 Å². The SMILES string of the molecule is Nc1ccc(-n2ccc(C(F)(F)F)n2)cc1C(F)(F)F. The molecule has 1 aromatic carbocycles. The first kappa shape index (κ1) is 14.2. The first-order chi connectivity index (χ1) is 9.09. The molecule has 20 heavy (non-hydrogen) atoms. The third-order valence-electron chi connectivity index (χ3n) is 2.49. The van der Waals surface area contributed by atoms with E-state index in [9.17, 15) is 26.3 Å². The molecule has 2 aromatic rings. The number of alkyl halides is 6. The molecule has 1 aromatic heterocycles. The predicted molar refractivity (Wildman–Crippen MR) is 58.0 cm³/mol. The van der Waals surface area contributed by atoms with Gasteiger partial charge in [-0.05, 0) is 24.3 Å². The van der Waals surface area contributed by atoms with Gasteiger partial charge in [0, 0.05) is 11.9 Å². The number of nitrogens with zero attached hydrogens (tertiary/aromatic N) is 2. The zero-order valence-corrected chi connectivity index (χ0v) is 9.63. The third-order valence-corrected chi connectivity index (χ3v) is 2.49. The summed E-state index contributed by atoms with van der Waals surface area (Å²) in [6.07, 6.45) is -8.43. The van der Waals surface area contributed by atoms with Crippen LogP contribution in [-0.2, 0) is 12.4 Å². The summed E-state index contributed by atoms with van der Waals surface area (Å²) in [5.41, 5.74) is 2.21. The highest BCUT2D eigenvalue weighted by atomic mass is 19.4. The van der Waals surface area contributed by atoms with Crippen molar-refractivity contribution in [2.75, 3.05) is 5.73 Å². The second-order valence-corrected chi connectivity index (χ2v) is 3.91. The number of aromatic nitrogens is 2. The van der Waals surface area contributed by atoms with Gasteiger partial charge in [0.15, 0.2) is 5.69 Å². The maximum Gasteiger partial charge on any atom is 0.435 e. The van der Waals surface area contributed by atoms with E-state index in [-0.39, 0.29) is 5.69 Å². The van der Waals surface area contributed by atoms with Crippen molar-refractivity contribution in [3.63, 3.8) is 0 Å². The molecule has 0 amide bonds. The summed E-state index contributed by atoms with van der Waals surface area (Å²) < 4.78 is 75.8. The van der Waals surface area contributed by atoms with Gasteiger partial charge in [-0.1, -0.05) is 0 Å². The van der Waals surface area contributed by atoms with Crippen LogP contribution in [0.2, 0.25) is 0 Å². The van der Waals surface area contributed by atoms with Gasteiger partial charge in [-0.3, -0.25) is 0 Å². The molecule has 9 heteroatoms. The van der Waals surface area contributed by atoms with Crippen LogP contribution in [0, 0.1) is 0 Å². The van der Waals surface area contributed by atoms with E-state index in [1.54, 1.807) is 0 Å². The monoisotopic (exact) mass is 295 g/mol. The van der Waals surface area contributed by atoms with Crippen LogP contribution in [0.25, 0.3) is 5.69 Å². The molecule has 0 unspecified atom stereocenters. The van der Waals surface area contributed by atoms with Gasteiger partial charge >= 0.3 is 12.4 Å². The first-order valence-corrected chi connectivity index (χ1v) is 5.19. The van der Waals surface area contributed by atoms with Gasteiger partial charge in [-0.25, -0.2) is 4.68 Å². The van der Waals surface area contributed by atoms with E-state index < -0.39 is 29.3 Å². The zero-order valence-electron chi connectivity index (χ0n) is 9.63. The minimum atomic E-state index is -4.69. The first-order valence-electron chi connectivity index (χ1n) is 5.19. The lowest BCUT2D eigenvalue weighted by atomic mass is 10.1. The second kappa shape index (κ2) is 4.43. The van der Waals surface area contributed by atoms with Crippen molar-refractivity contribution < 1.29 is 26.3 Å². The largest absolute Gasteiger partial charge is 0.435 e. The van der Waals surface area contributed by atoms with Crippen LogP contribution >= 0.6 is 0 Å². The molecule has 0 saturated carbocycles. The van der Waals surface area contributed by atoms with Crippen LogP contribution in [0.5, 0.6) is 0 Å². The third kappa shape index (κ3) is 2.70. The summed E-state index contributed by atoms with van der Waals surface area (Å²) in [7, 11) is 0. The molecule has 3 nitrogen and oxygen atoms in total. The molecule has 0 aliphatic heterocycles. The number of rotatable bonds is 1. The number of nitrogen functional groups attached to an aromatic ring is 1. The normalized spacial score (nSPS) is 12.7. The average Bonchev–Trinajstić information content (AvgIpc) is 2.77. The van der Waals surface area contributed by atoms with Crippen LogP contribution in [0.1, 0.15) is 11.3 Å². The van der Waals surface area contributed by atoms with E-state index in [0.29, 0.717) is 16.8 Å². The fraction of sp³-hybridized carbons (Fsp3) is 0.182. The summed E-state index contributed by atoms with van der Waals surface area (Å²) >= 11 is 0. The van der Waals surface area contributed by atoms with Gasteiger partial charge in [0.25, 0.3) is 0 Å². The van der Waals surface area contributed by atoms with Crippen molar-refractivity contribution in [3.8, 4) is 5.69 Å². The molecule has 108 valence electrons. The number of nitrogens with two attached hydrogens (primary N) is 1. The van der Waals surface area contributed by atoms with Crippen molar-refractivity contribution in [2.24, 2.45) is 0 Å². The lowest BCUT2D eigenvalue weighted by molar-refractivity contribution is -0.141. The average molecular weight is 295 g/mol. The highest BCUT2D eigenvalue weighted by molar-refractivity contribution is 5.54. The summed E-state index contributed by atoms with van der Waals surface area (Å²) in [5, 5.41) is 3.19. The number of halogens is 6. The number of hydrogen-bond acceptors (Lipinski definition) is 2. The number of anilines is 1. The molecule has 1 heterocycles. The topological polar surface area (TPSA) is 43.8 Å². The predicted octanol–water partition coefficient (Wildman–Crippen LogP) is 3.49. The Hall–Kier alpha value is -2.19. The van der Waals surface area contributed by atoms with Gasteiger partial charge in [0.1, 0.15) is 0 Å². The summed E-state index contributed by atoms with van der Waals surface area (Å²) in [6.45, 7) is 0. The molecule has 0 spiro atoms. The van der Waals surface area contributed by atoms with Crippen LogP contribution < -0.4 is 5.73 Å². The van der Waals surface area contributed by atoms with E-state index in [1.807, 2.05) is 0 Å². The maximum atomic E-state index is 12.6. The fourth-order valence-corrected chi connectivity index (χ4v) is 1.55. The lowest BCUT2D eigenvalue weighted by Gasteiger charge is -2.11. The van der Waals surface area contributed by atoms with E-state index >= 15 is 0 Å². The molecule has 0 bridgehead atoms. The van der Waals surface area contributed by atoms with Crippen LogP contribution in [0.3, 0.4) is 0 Å². The quantitative estimate of drug-likeness (QED) is 0.646. The number of hydrogen-bond donors (Lipinski definition) is 1. The smallest absolute Gasteiger partial charge is 0.398 e. The van der Waals surface area contributed by atoms with Gasteiger partial charge in [-0.15, -0.1) is 0 Å². The molecule has 0 atom stereocenters. The molecule has 0 saturated heterocycles. The Morgan fingerprint density at radius 1 is 0.950 bits per heavy atom. The molecule has 2 N–H and O–H groups in total. The highest BCUT2D eigenvalue weighted by Crippen LogP contribution is 2.35. The van der Waals surface area contributed by atoms with Gasteiger partial charge in [-0.2, -0.15) is 31.4 Å². The fourth-order valence-electron chi connectivity index (χ4n) is 1.55. The Labute approximate surface area is 108 Å². The highest BCUT2D eigenvalue weighted by Gasteiger charge is 2.35. The van der Waals surface area contributed by atoms with E-state index in [0.717, 1.165) is 18.3 Å². The summed E-state index contributed by atoms with van der Waals surface area (Å²) in [6, 6.07) is 3.43. The lowest BCUT2D eigenvalue weighted by Crippen LogP contribution is -2.11. The second-order valence-electron chi connectivity index (χ2n) is 3.91. The van der Waals surface area contributed by atoms with Crippen molar-refractivity contribution >= 4 is 5.69 Å². The molecular formula is C11H7F6N3. The van der Waals surface area contributed by atoms with E-state index in [1.165, 1.54) is 0 Å². The van der Waals surface area contributed by atoms with E-state index in [4.69, 9.17) is 5.73 Å². The van der Waals surface area contributed by atoms with Crippen molar-refractivity contribution in [1.29, 1.82) is 0 Å². The van der Waals surface area contributed by atoms with Crippen molar-refractivity contribution in [2.45, 2.75) is 12.4 Å². The Kier molecular flexibility index (Phi) is 3.15. The Bertz CT molecular complexity index is 626. The standard InChI is InChI=1S/C11H7F6N3/c12-10(13,14)7-5-6(1-2-8(7)18)20-4-3-9(19-20)11(15,16)17/h1-5H,18H2. The number of benzene rings is 1. The Balaban J connectivity index is 2.47. The molecule has 0 aliphatic rings. The minimum absolute atomic E-state index is 0.165. The van der Waals surface area contributed by atoms with Crippen LogP contribution in [-0.4, -0.2) is 9.78 Å². The maximum absolute atomic E-state index is 12.6. The van der Waals surface area contributed by atoms with Gasteiger partial charge in [0.2, 0.25) is 0 Å². The Morgan fingerprint density at radius 3 is 2.10 bits per heavy atom. The van der Waals surface area contributed by atoms with Crippen LogP contribution in [0.4, 0.5) is 32.0 Å². The summed E-state index contributed by atoms with van der Waals surface area (Å²) in [4.78, 5) is 0. The van der Waals surface area contributed by atoms with E-state index in [2.05, 4.69) is 5.10 Å². The van der Waals surface area contributed by atoms with Gasteiger partial charge in [0.05, 0.1) is 11.3 Å². The Morgan fingerprint density at radius 2 is 1.60 bits per heavy atom. The van der Waals surface area contributed by atoms with Crippen molar-refractivity contribution in [3.05, 3.63) is 41.7 Å². The molecule has 2 rings (SSSR count). The molecule has 0 radical (unpaired) electrons.